The minimum atomic E-state index is -0.417. The Bertz CT molecular complexity index is 401. The van der Waals surface area contributed by atoms with Gasteiger partial charge in [0.25, 0.3) is 0 Å². The van der Waals surface area contributed by atoms with Crippen molar-refractivity contribution in [3.8, 4) is 0 Å². The largest absolute Gasteiger partial charge is 0.368 e. The number of carbonyl (C=O) groups excluding carboxylic acids is 1. The zero-order chi connectivity index (χ0) is 12.3. The van der Waals surface area contributed by atoms with Crippen LogP contribution in [0, 0.1) is 5.82 Å². The summed E-state index contributed by atoms with van der Waals surface area (Å²) in [7, 11) is 0. The highest BCUT2D eigenvalue weighted by molar-refractivity contribution is 5.85. The minimum absolute atomic E-state index is 0.204. The van der Waals surface area contributed by atoms with E-state index in [1.165, 1.54) is 6.07 Å². The predicted molar refractivity (Wildman–Crippen MR) is 67.1 cm³/mol. The summed E-state index contributed by atoms with van der Waals surface area (Å²) in [5, 5.41) is 0. The smallest absolute Gasteiger partial charge is 0.155 e. The molecule has 0 heterocycles. The Labute approximate surface area is 101 Å². The van der Waals surface area contributed by atoms with Gasteiger partial charge < -0.3 is 4.90 Å². The second-order valence-corrected chi connectivity index (χ2v) is 4.57. The SMILES string of the molecule is CCCCN(c1cccc(F)c1C=O)C1CC1. The van der Waals surface area contributed by atoms with E-state index in [0.717, 1.165) is 37.9 Å². The van der Waals surface area contributed by atoms with E-state index < -0.39 is 5.82 Å². The second kappa shape index (κ2) is 5.30. The van der Waals surface area contributed by atoms with Crippen molar-refractivity contribution in [3.05, 3.63) is 29.6 Å². The first-order valence-corrected chi connectivity index (χ1v) is 6.28. The molecule has 1 saturated carbocycles. The molecule has 0 radical (unpaired) electrons. The fourth-order valence-corrected chi connectivity index (χ4v) is 2.11. The lowest BCUT2D eigenvalue weighted by Crippen LogP contribution is -2.28. The highest BCUT2D eigenvalue weighted by Gasteiger charge is 2.30. The van der Waals surface area contributed by atoms with Gasteiger partial charge in [0.05, 0.1) is 11.3 Å². The molecule has 1 aliphatic carbocycles. The molecule has 1 aromatic carbocycles. The number of nitrogens with zero attached hydrogens (tertiary/aromatic N) is 1. The average Bonchev–Trinajstić information content (AvgIpc) is 3.14. The van der Waals surface area contributed by atoms with Gasteiger partial charge in [0.2, 0.25) is 0 Å². The maximum atomic E-state index is 13.6. The first-order valence-electron chi connectivity index (χ1n) is 6.28. The molecule has 0 atom stereocenters. The van der Waals surface area contributed by atoms with Crippen LogP contribution in [0.4, 0.5) is 10.1 Å². The molecular formula is C14H18FNO. The van der Waals surface area contributed by atoms with Gasteiger partial charge in [-0.25, -0.2) is 4.39 Å². The summed E-state index contributed by atoms with van der Waals surface area (Å²) in [6.45, 7) is 3.04. The normalized spacial score (nSPS) is 14.7. The number of carbonyl (C=O) groups is 1. The summed E-state index contributed by atoms with van der Waals surface area (Å²) < 4.78 is 13.6. The highest BCUT2D eigenvalue weighted by atomic mass is 19.1. The number of hydrogen-bond acceptors (Lipinski definition) is 2. The third-order valence-corrected chi connectivity index (χ3v) is 3.20. The van der Waals surface area contributed by atoms with Crippen LogP contribution in [0.15, 0.2) is 18.2 Å². The molecule has 1 aromatic rings. The lowest BCUT2D eigenvalue weighted by molar-refractivity contribution is 0.112. The van der Waals surface area contributed by atoms with Crippen molar-refractivity contribution in [3.63, 3.8) is 0 Å². The molecule has 0 bridgehead atoms. The lowest BCUT2D eigenvalue weighted by Gasteiger charge is -2.26. The van der Waals surface area contributed by atoms with Gasteiger partial charge in [-0.1, -0.05) is 19.4 Å². The summed E-state index contributed by atoms with van der Waals surface area (Å²) >= 11 is 0. The van der Waals surface area contributed by atoms with Gasteiger partial charge in [-0.3, -0.25) is 4.79 Å². The van der Waals surface area contributed by atoms with Crippen LogP contribution in [-0.2, 0) is 0 Å². The van der Waals surface area contributed by atoms with Crippen LogP contribution in [0.25, 0.3) is 0 Å². The molecule has 2 nitrogen and oxygen atoms in total. The van der Waals surface area contributed by atoms with E-state index >= 15 is 0 Å². The van der Waals surface area contributed by atoms with E-state index in [-0.39, 0.29) is 5.56 Å². The van der Waals surface area contributed by atoms with Gasteiger partial charge in [0.1, 0.15) is 5.82 Å². The van der Waals surface area contributed by atoms with E-state index in [2.05, 4.69) is 11.8 Å². The van der Waals surface area contributed by atoms with E-state index in [1.807, 2.05) is 6.07 Å². The standard InChI is InChI=1S/C14H18FNO/c1-2-3-9-16(11-7-8-11)14-6-4-5-13(15)12(14)10-17/h4-6,10-11H,2-3,7-9H2,1H3. The van der Waals surface area contributed by atoms with Gasteiger partial charge in [0.15, 0.2) is 6.29 Å². The van der Waals surface area contributed by atoms with Gasteiger partial charge in [-0.05, 0) is 31.4 Å². The van der Waals surface area contributed by atoms with E-state index in [4.69, 9.17) is 0 Å². The Morgan fingerprint density at radius 3 is 2.82 bits per heavy atom. The van der Waals surface area contributed by atoms with Crippen molar-refractivity contribution in [2.24, 2.45) is 0 Å². The molecule has 0 saturated heterocycles. The minimum Gasteiger partial charge on any atom is -0.368 e. The molecule has 0 amide bonds. The van der Waals surface area contributed by atoms with Crippen LogP contribution < -0.4 is 4.90 Å². The second-order valence-electron chi connectivity index (χ2n) is 4.57. The molecule has 17 heavy (non-hydrogen) atoms. The fourth-order valence-electron chi connectivity index (χ4n) is 2.11. The number of rotatable bonds is 6. The van der Waals surface area contributed by atoms with Crippen LogP contribution in [0.2, 0.25) is 0 Å². The van der Waals surface area contributed by atoms with Crippen LogP contribution in [-0.4, -0.2) is 18.9 Å². The predicted octanol–water partition coefficient (Wildman–Crippen LogP) is 3.41. The molecular weight excluding hydrogens is 217 g/mol. The third-order valence-electron chi connectivity index (χ3n) is 3.20. The van der Waals surface area contributed by atoms with Crippen molar-refractivity contribution < 1.29 is 9.18 Å². The number of hydrogen-bond donors (Lipinski definition) is 0. The van der Waals surface area contributed by atoms with Crippen molar-refractivity contribution in [1.29, 1.82) is 0 Å². The zero-order valence-electron chi connectivity index (χ0n) is 10.2. The molecule has 0 aromatic heterocycles. The molecule has 0 unspecified atom stereocenters. The van der Waals surface area contributed by atoms with E-state index in [0.29, 0.717) is 12.3 Å². The highest BCUT2D eigenvalue weighted by Crippen LogP contribution is 2.34. The first-order chi connectivity index (χ1) is 8.27. The quantitative estimate of drug-likeness (QED) is 0.704. The lowest BCUT2D eigenvalue weighted by atomic mass is 10.1. The van der Waals surface area contributed by atoms with Gasteiger partial charge in [-0.15, -0.1) is 0 Å². The zero-order valence-corrected chi connectivity index (χ0v) is 10.2. The first kappa shape index (κ1) is 12.1. The fraction of sp³-hybridized carbons (Fsp3) is 0.500. The molecule has 0 aliphatic heterocycles. The third kappa shape index (κ3) is 2.65. The van der Waals surface area contributed by atoms with E-state index in [9.17, 15) is 9.18 Å². The molecule has 1 aliphatic rings. The van der Waals surface area contributed by atoms with Crippen molar-refractivity contribution >= 4 is 12.0 Å². The molecule has 92 valence electrons. The van der Waals surface area contributed by atoms with Crippen LogP contribution in [0.1, 0.15) is 43.0 Å². The average molecular weight is 235 g/mol. The topological polar surface area (TPSA) is 20.3 Å². The maximum Gasteiger partial charge on any atom is 0.155 e. The summed E-state index contributed by atoms with van der Waals surface area (Å²) in [6, 6.07) is 5.37. The summed E-state index contributed by atoms with van der Waals surface area (Å²) in [5.41, 5.74) is 0.964. The van der Waals surface area contributed by atoms with Crippen LogP contribution >= 0.6 is 0 Å². The maximum absolute atomic E-state index is 13.6. The van der Waals surface area contributed by atoms with Crippen LogP contribution in [0.5, 0.6) is 0 Å². The molecule has 0 N–H and O–H groups in total. The Kier molecular flexibility index (Phi) is 3.77. The number of halogens is 1. The number of unbranched alkanes of at least 4 members (excludes halogenated alkanes) is 1. The van der Waals surface area contributed by atoms with Gasteiger partial charge in [0, 0.05) is 12.6 Å². The van der Waals surface area contributed by atoms with Gasteiger partial charge in [-0.2, -0.15) is 0 Å². The van der Waals surface area contributed by atoms with E-state index in [1.54, 1.807) is 6.07 Å². The Morgan fingerprint density at radius 2 is 2.24 bits per heavy atom. The number of benzene rings is 1. The Hall–Kier alpha value is -1.38. The Morgan fingerprint density at radius 1 is 1.47 bits per heavy atom. The van der Waals surface area contributed by atoms with Crippen molar-refractivity contribution in [2.45, 2.75) is 38.6 Å². The molecule has 2 rings (SSSR count). The van der Waals surface area contributed by atoms with Crippen molar-refractivity contribution in [1.82, 2.24) is 0 Å². The summed E-state index contributed by atoms with van der Waals surface area (Å²) in [4.78, 5) is 13.2. The molecule has 0 spiro atoms. The number of anilines is 1. The monoisotopic (exact) mass is 235 g/mol. The van der Waals surface area contributed by atoms with Crippen LogP contribution in [0.3, 0.4) is 0 Å². The summed E-state index contributed by atoms with van der Waals surface area (Å²) in [5.74, 6) is -0.417. The van der Waals surface area contributed by atoms with Gasteiger partial charge >= 0.3 is 0 Å². The molecule has 1 fully saturated rings. The molecule has 3 heteroatoms. The Balaban J connectivity index is 2.28. The van der Waals surface area contributed by atoms with Crippen molar-refractivity contribution in [2.75, 3.05) is 11.4 Å². The number of aldehydes is 1. The summed E-state index contributed by atoms with van der Waals surface area (Å²) in [6.07, 6.45) is 5.11.